The molecule has 0 unspecified atom stereocenters. The maximum absolute atomic E-state index is 4.63. The average molecular weight is 431 g/mol. The second-order valence-electron chi connectivity index (χ2n) is 5.65. The number of halogens is 1. The summed E-state index contributed by atoms with van der Waals surface area (Å²) in [4.78, 5) is 11.6. The molecule has 0 aliphatic carbocycles. The topological polar surface area (TPSA) is 52.6 Å². The van der Waals surface area contributed by atoms with Crippen molar-refractivity contribution in [2.75, 3.05) is 31.1 Å². The number of nitrogens with one attached hydrogen (secondary N) is 2. The van der Waals surface area contributed by atoms with Crippen LogP contribution in [0.4, 0.5) is 5.82 Å². The van der Waals surface area contributed by atoms with E-state index in [9.17, 15) is 0 Å². The highest BCUT2D eigenvalue weighted by atomic mass is 127. The second kappa shape index (κ2) is 11.5. The highest BCUT2D eigenvalue weighted by Gasteiger charge is 2.11. The number of hydrogen-bond acceptors (Lipinski definition) is 3. The summed E-state index contributed by atoms with van der Waals surface area (Å²) < 4.78 is 0. The van der Waals surface area contributed by atoms with Crippen LogP contribution in [0, 0.1) is 0 Å². The Balaban J connectivity index is 0.00000264. The van der Waals surface area contributed by atoms with E-state index in [1.807, 2.05) is 6.20 Å². The van der Waals surface area contributed by atoms with E-state index in [4.69, 9.17) is 0 Å². The molecule has 2 N–H and O–H groups in total. The highest BCUT2D eigenvalue weighted by molar-refractivity contribution is 14.0. The number of nitrogens with zero attached hydrogens (tertiary/aromatic N) is 3. The van der Waals surface area contributed by atoms with E-state index in [1.165, 1.54) is 31.2 Å². The van der Waals surface area contributed by atoms with E-state index in [0.29, 0.717) is 6.54 Å². The standard InChI is InChI=1S/C17H29N5.HI/c1-3-18-17(19-4-2)21-14-15-9-10-20-16(13-15)22-11-7-5-6-8-12-22;/h9-10,13H,3-8,11-12,14H2,1-2H3,(H2,18,19,21);1H. The molecule has 1 aromatic rings. The second-order valence-corrected chi connectivity index (χ2v) is 5.65. The summed E-state index contributed by atoms with van der Waals surface area (Å²) in [6.45, 7) is 8.84. The van der Waals surface area contributed by atoms with Crippen molar-refractivity contribution in [3.63, 3.8) is 0 Å². The first-order valence-corrected chi connectivity index (χ1v) is 8.55. The molecule has 2 heterocycles. The molecule has 1 aliphatic rings. The fourth-order valence-corrected chi connectivity index (χ4v) is 2.71. The summed E-state index contributed by atoms with van der Waals surface area (Å²) in [5.74, 6) is 1.97. The molecule has 0 bridgehead atoms. The normalized spacial score (nSPS) is 14.4. The number of pyridine rings is 1. The SMILES string of the molecule is CCNC(=NCc1ccnc(N2CCCCCC2)c1)NCC.I. The molecule has 0 amide bonds. The van der Waals surface area contributed by atoms with Gasteiger partial charge in [0.25, 0.3) is 0 Å². The van der Waals surface area contributed by atoms with Gasteiger partial charge in [0.2, 0.25) is 0 Å². The van der Waals surface area contributed by atoms with Crippen LogP contribution in [0.5, 0.6) is 0 Å². The molecular formula is C17H30IN5. The largest absolute Gasteiger partial charge is 0.357 e. The van der Waals surface area contributed by atoms with Gasteiger partial charge in [0.15, 0.2) is 5.96 Å². The van der Waals surface area contributed by atoms with Crippen LogP contribution in [0.3, 0.4) is 0 Å². The summed E-state index contributed by atoms with van der Waals surface area (Å²) in [5.41, 5.74) is 1.21. The molecule has 1 aliphatic heterocycles. The van der Waals surface area contributed by atoms with Crippen LogP contribution >= 0.6 is 24.0 Å². The number of hydrogen-bond donors (Lipinski definition) is 2. The predicted molar refractivity (Wildman–Crippen MR) is 109 cm³/mol. The summed E-state index contributed by atoms with van der Waals surface area (Å²) in [6, 6.07) is 4.24. The number of aromatic nitrogens is 1. The van der Waals surface area contributed by atoms with Gasteiger partial charge >= 0.3 is 0 Å². The number of rotatable bonds is 5. The smallest absolute Gasteiger partial charge is 0.191 e. The molecule has 0 atom stereocenters. The summed E-state index contributed by atoms with van der Waals surface area (Å²) >= 11 is 0. The minimum atomic E-state index is 0. The zero-order valence-electron chi connectivity index (χ0n) is 14.3. The van der Waals surface area contributed by atoms with Crippen LogP contribution < -0.4 is 15.5 Å². The van der Waals surface area contributed by atoms with E-state index in [-0.39, 0.29) is 24.0 Å². The van der Waals surface area contributed by atoms with Gasteiger partial charge in [-0.1, -0.05) is 12.8 Å². The Morgan fingerprint density at radius 3 is 2.39 bits per heavy atom. The van der Waals surface area contributed by atoms with Crippen molar-refractivity contribution in [1.82, 2.24) is 15.6 Å². The van der Waals surface area contributed by atoms with Crippen molar-refractivity contribution < 1.29 is 0 Å². The molecule has 130 valence electrons. The van der Waals surface area contributed by atoms with Gasteiger partial charge in [0.1, 0.15) is 5.82 Å². The van der Waals surface area contributed by atoms with Crippen LogP contribution in [0.2, 0.25) is 0 Å². The Morgan fingerprint density at radius 2 is 1.78 bits per heavy atom. The third-order valence-corrected chi connectivity index (χ3v) is 3.85. The molecule has 6 heteroatoms. The molecule has 0 saturated carbocycles. The third kappa shape index (κ3) is 6.93. The van der Waals surface area contributed by atoms with Gasteiger partial charge in [0, 0.05) is 32.4 Å². The number of guanidine groups is 1. The molecular weight excluding hydrogens is 401 g/mol. The average Bonchev–Trinajstić information content (AvgIpc) is 2.83. The van der Waals surface area contributed by atoms with Crippen LogP contribution in [0.25, 0.3) is 0 Å². The molecule has 2 rings (SSSR count). The Kier molecular flexibility index (Phi) is 9.98. The summed E-state index contributed by atoms with van der Waals surface area (Å²) in [6.07, 6.45) is 7.14. The first-order valence-electron chi connectivity index (χ1n) is 8.55. The first kappa shape index (κ1) is 20.0. The molecule has 1 saturated heterocycles. The van der Waals surface area contributed by atoms with Crippen molar-refractivity contribution in [2.45, 2.75) is 46.1 Å². The van der Waals surface area contributed by atoms with Gasteiger partial charge in [-0.05, 0) is 44.4 Å². The highest BCUT2D eigenvalue weighted by Crippen LogP contribution is 2.18. The first-order chi connectivity index (χ1) is 10.8. The van der Waals surface area contributed by atoms with E-state index in [0.717, 1.165) is 38.0 Å². The molecule has 23 heavy (non-hydrogen) atoms. The van der Waals surface area contributed by atoms with Crippen molar-refractivity contribution in [3.8, 4) is 0 Å². The van der Waals surface area contributed by atoms with Crippen LogP contribution in [-0.4, -0.2) is 37.1 Å². The Bertz CT molecular complexity index is 462. The minimum Gasteiger partial charge on any atom is -0.357 e. The third-order valence-electron chi connectivity index (χ3n) is 3.85. The molecule has 0 aromatic carbocycles. The van der Waals surface area contributed by atoms with Crippen molar-refractivity contribution in [2.24, 2.45) is 4.99 Å². The van der Waals surface area contributed by atoms with Crippen LogP contribution in [0.1, 0.15) is 45.1 Å². The molecule has 1 fully saturated rings. The summed E-state index contributed by atoms with van der Waals surface area (Å²) in [5, 5.41) is 6.51. The predicted octanol–water partition coefficient (Wildman–Crippen LogP) is 3.16. The Hall–Kier alpha value is -1.05. The number of anilines is 1. The maximum Gasteiger partial charge on any atom is 0.191 e. The zero-order valence-corrected chi connectivity index (χ0v) is 16.7. The lowest BCUT2D eigenvalue weighted by atomic mass is 10.2. The van der Waals surface area contributed by atoms with Crippen molar-refractivity contribution >= 4 is 35.8 Å². The van der Waals surface area contributed by atoms with E-state index in [2.05, 4.69) is 51.5 Å². The van der Waals surface area contributed by atoms with Crippen LogP contribution in [0.15, 0.2) is 23.3 Å². The zero-order chi connectivity index (χ0) is 15.6. The molecule has 0 spiro atoms. The molecule has 0 radical (unpaired) electrons. The monoisotopic (exact) mass is 431 g/mol. The van der Waals surface area contributed by atoms with Gasteiger partial charge < -0.3 is 15.5 Å². The lowest BCUT2D eigenvalue weighted by Crippen LogP contribution is -2.36. The van der Waals surface area contributed by atoms with E-state index < -0.39 is 0 Å². The van der Waals surface area contributed by atoms with Crippen molar-refractivity contribution in [1.29, 1.82) is 0 Å². The summed E-state index contributed by atoms with van der Waals surface area (Å²) in [7, 11) is 0. The van der Waals surface area contributed by atoms with Gasteiger partial charge in [0.05, 0.1) is 6.54 Å². The van der Waals surface area contributed by atoms with Gasteiger partial charge in [-0.15, -0.1) is 24.0 Å². The Labute approximate surface area is 157 Å². The fourth-order valence-electron chi connectivity index (χ4n) is 2.71. The van der Waals surface area contributed by atoms with Gasteiger partial charge in [-0.25, -0.2) is 9.98 Å². The quantitative estimate of drug-likeness (QED) is 0.427. The van der Waals surface area contributed by atoms with E-state index >= 15 is 0 Å². The van der Waals surface area contributed by atoms with Gasteiger partial charge in [-0.3, -0.25) is 0 Å². The van der Waals surface area contributed by atoms with Gasteiger partial charge in [-0.2, -0.15) is 0 Å². The van der Waals surface area contributed by atoms with E-state index in [1.54, 1.807) is 0 Å². The minimum absolute atomic E-state index is 0. The molecule has 5 nitrogen and oxygen atoms in total. The number of aliphatic imine (C=N–C) groups is 1. The lowest BCUT2D eigenvalue weighted by Gasteiger charge is -2.21. The van der Waals surface area contributed by atoms with Crippen molar-refractivity contribution in [3.05, 3.63) is 23.9 Å². The molecule has 1 aromatic heterocycles. The van der Waals surface area contributed by atoms with Crippen LogP contribution in [-0.2, 0) is 6.54 Å². The maximum atomic E-state index is 4.63. The lowest BCUT2D eigenvalue weighted by molar-refractivity contribution is 0.726. The Morgan fingerprint density at radius 1 is 1.13 bits per heavy atom. The fraction of sp³-hybridized carbons (Fsp3) is 0.647.